The topological polar surface area (TPSA) is 185 Å². The largest absolute Gasteiger partial charge is 0.456 e. The second-order valence-corrected chi connectivity index (χ2v) is 17.9. The third kappa shape index (κ3) is 6.75. The number of rotatable bonds is 13. The van der Waals surface area contributed by atoms with Gasteiger partial charge in [0.1, 0.15) is 48.1 Å². The molecule has 1 spiro atoms. The lowest BCUT2D eigenvalue weighted by Crippen LogP contribution is -2.59. The van der Waals surface area contributed by atoms with E-state index in [4.69, 9.17) is 23.7 Å². The normalized spacial score (nSPS) is 25.0. The first-order valence-corrected chi connectivity index (χ1v) is 22.8. The molecule has 0 aliphatic carbocycles. The zero-order valence-corrected chi connectivity index (χ0v) is 35.5. The number of aliphatic hydroxyl groups excluding tert-OH is 4. The number of carbonyl (C=O) groups excluding carboxylic acids is 1. The highest BCUT2D eigenvalue weighted by molar-refractivity contribution is 6.02. The van der Waals surface area contributed by atoms with Gasteiger partial charge in [-0.05, 0) is 86.3 Å². The molecule has 7 aliphatic heterocycles. The van der Waals surface area contributed by atoms with Crippen LogP contribution in [0.5, 0.6) is 11.5 Å². The number of aryl methyl sites for hydroxylation is 2. The molecule has 5 atom stereocenters. The fourth-order valence-corrected chi connectivity index (χ4v) is 11.5. The molecule has 5 unspecified atom stereocenters. The average Bonchev–Trinajstić information content (AvgIpc) is 3.86. The van der Waals surface area contributed by atoms with Crippen molar-refractivity contribution in [3.8, 4) is 11.5 Å². The Hall–Kier alpha value is -4.65. The van der Waals surface area contributed by atoms with Crippen molar-refractivity contribution in [3.05, 3.63) is 92.8 Å². The minimum atomic E-state index is -1.50. The number of anilines is 2. The molecular formula is C47H56N6O10. The Labute approximate surface area is 365 Å². The number of fused-ring (bicyclic) bond motifs is 8. The maximum Gasteiger partial charge on any atom is 0.257 e. The van der Waals surface area contributed by atoms with Gasteiger partial charge in [0.05, 0.1) is 51.5 Å². The van der Waals surface area contributed by atoms with Crippen LogP contribution in [0.2, 0.25) is 0 Å². The predicted molar refractivity (Wildman–Crippen MR) is 228 cm³/mol. The summed E-state index contributed by atoms with van der Waals surface area (Å²) in [5.74, 6) is 1.81. The monoisotopic (exact) mass is 864 g/mol. The van der Waals surface area contributed by atoms with Crippen LogP contribution in [0.25, 0.3) is 0 Å². The summed E-state index contributed by atoms with van der Waals surface area (Å²) in [7, 11) is 0. The van der Waals surface area contributed by atoms with Gasteiger partial charge in [0.25, 0.3) is 5.91 Å². The fourth-order valence-electron chi connectivity index (χ4n) is 11.5. The summed E-state index contributed by atoms with van der Waals surface area (Å²) >= 11 is 0. The van der Waals surface area contributed by atoms with Gasteiger partial charge < -0.3 is 58.8 Å². The van der Waals surface area contributed by atoms with Crippen LogP contribution in [0.1, 0.15) is 80.7 Å². The van der Waals surface area contributed by atoms with Crippen LogP contribution in [-0.4, -0.2) is 143 Å². The van der Waals surface area contributed by atoms with E-state index in [1.165, 1.54) is 33.6 Å². The number of nitrogens with zero attached hydrogens (tertiary/aromatic N) is 6. The van der Waals surface area contributed by atoms with Crippen molar-refractivity contribution in [1.29, 1.82) is 0 Å². The van der Waals surface area contributed by atoms with E-state index >= 15 is 4.79 Å². The fraction of sp³-hybridized carbons (Fsp3) is 0.553. The summed E-state index contributed by atoms with van der Waals surface area (Å²) in [6.07, 6.45) is 4.00. The van der Waals surface area contributed by atoms with Crippen LogP contribution < -0.4 is 14.5 Å². The third-order valence-corrected chi connectivity index (χ3v) is 14.2. The molecule has 63 heavy (non-hydrogen) atoms. The molecular weight excluding hydrogens is 809 g/mol. The van der Waals surface area contributed by atoms with Crippen LogP contribution in [0.3, 0.4) is 0 Å². The number of hydrogen-bond acceptors (Lipinski definition) is 14. The van der Waals surface area contributed by atoms with E-state index in [-0.39, 0.29) is 25.8 Å². The molecule has 3 aromatic carbocycles. The molecule has 16 heteroatoms. The molecule has 1 saturated heterocycles. The number of ether oxygens (including phenoxy) is 5. The Bertz CT molecular complexity index is 2300. The van der Waals surface area contributed by atoms with Crippen LogP contribution in [0.4, 0.5) is 11.4 Å². The van der Waals surface area contributed by atoms with Gasteiger partial charge >= 0.3 is 0 Å². The number of carbonyl (C=O) groups is 1. The Balaban J connectivity index is 0.840. The molecule has 4 N–H and O–H groups in total. The molecule has 0 saturated carbocycles. The van der Waals surface area contributed by atoms with Crippen molar-refractivity contribution >= 4 is 17.3 Å². The van der Waals surface area contributed by atoms with Crippen LogP contribution in [0, 0.1) is 0 Å². The second kappa shape index (κ2) is 16.7. The Morgan fingerprint density at radius 1 is 0.746 bits per heavy atom. The number of aromatic nitrogens is 3. The van der Waals surface area contributed by atoms with E-state index in [2.05, 4.69) is 44.4 Å². The van der Waals surface area contributed by atoms with Gasteiger partial charge in [0, 0.05) is 71.8 Å². The standard InChI is InChI=1S/C47H56N6O10/c54-26-37-40(55)41(56)42(57)46(62-37)61-22-21-60-20-19-59-18-13-30-25-52(49-48-30)27-53-45(58)31-9-1-2-12-34(31)47(53)35-23-28-7-3-14-50-16-5-10-32(38(28)50)43(35)63-44-33-11-6-17-51-15-4-8-29(39(33)51)24-36(44)47/h1-2,9,12,23-25,37,40-42,46,54-57H,3-8,10-11,13-22,26-27H2. The van der Waals surface area contributed by atoms with Crippen molar-refractivity contribution in [2.75, 3.05) is 75.6 Å². The molecule has 11 rings (SSSR count). The summed E-state index contributed by atoms with van der Waals surface area (Å²) in [5.41, 5.74) is 11.5. The first-order valence-electron chi connectivity index (χ1n) is 22.8. The Kier molecular flexibility index (Phi) is 10.9. The summed E-state index contributed by atoms with van der Waals surface area (Å²) in [5, 5.41) is 48.6. The van der Waals surface area contributed by atoms with Gasteiger partial charge in [-0.2, -0.15) is 0 Å². The molecule has 1 amide bonds. The van der Waals surface area contributed by atoms with E-state index in [1.807, 2.05) is 23.2 Å². The average molecular weight is 865 g/mol. The number of amides is 1. The van der Waals surface area contributed by atoms with Gasteiger partial charge in [0.2, 0.25) is 0 Å². The van der Waals surface area contributed by atoms with E-state index in [0.29, 0.717) is 31.8 Å². The first-order chi connectivity index (χ1) is 30.9. The predicted octanol–water partition coefficient (Wildman–Crippen LogP) is 2.58. The molecule has 0 bridgehead atoms. The molecule has 4 aromatic rings. The number of benzene rings is 3. The summed E-state index contributed by atoms with van der Waals surface area (Å²) in [6.45, 7) is 5.14. The van der Waals surface area contributed by atoms with Crippen molar-refractivity contribution in [2.24, 2.45) is 0 Å². The van der Waals surface area contributed by atoms with Crippen LogP contribution in [-0.2, 0) is 63.3 Å². The summed E-state index contributed by atoms with van der Waals surface area (Å²) < 4.78 is 31.5. The first kappa shape index (κ1) is 41.1. The van der Waals surface area contributed by atoms with Crippen LogP contribution in [0.15, 0.2) is 42.6 Å². The van der Waals surface area contributed by atoms with Gasteiger partial charge in [-0.15, -0.1) is 5.10 Å². The van der Waals surface area contributed by atoms with Crippen molar-refractivity contribution < 1.29 is 48.9 Å². The lowest BCUT2D eigenvalue weighted by Gasteiger charge is -2.48. The number of hydrogen-bond donors (Lipinski definition) is 4. The highest BCUT2D eigenvalue weighted by atomic mass is 16.7. The van der Waals surface area contributed by atoms with Crippen molar-refractivity contribution in [1.82, 2.24) is 19.9 Å². The van der Waals surface area contributed by atoms with Gasteiger partial charge in [-0.3, -0.25) is 4.79 Å². The molecule has 7 aliphatic rings. The maximum atomic E-state index is 15.1. The van der Waals surface area contributed by atoms with Crippen LogP contribution >= 0.6 is 0 Å². The minimum absolute atomic E-state index is 0.0376. The summed E-state index contributed by atoms with van der Waals surface area (Å²) in [6, 6.07) is 12.9. The lowest BCUT2D eigenvalue weighted by molar-refractivity contribution is -0.302. The highest BCUT2D eigenvalue weighted by Crippen LogP contribution is 2.62. The van der Waals surface area contributed by atoms with Crippen molar-refractivity contribution in [2.45, 2.75) is 101 Å². The molecule has 1 aromatic heterocycles. The smallest absolute Gasteiger partial charge is 0.257 e. The van der Waals surface area contributed by atoms with Crippen molar-refractivity contribution in [3.63, 3.8) is 0 Å². The van der Waals surface area contributed by atoms with E-state index in [1.54, 1.807) is 4.68 Å². The zero-order valence-electron chi connectivity index (χ0n) is 35.5. The second-order valence-electron chi connectivity index (χ2n) is 17.9. The van der Waals surface area contributed by atoms with Gasteiger partial charge in [0.15, 0.2) is 6.29 Å². The number of aliphatic hydroxyl groups is 4. The molecule has 0 radical (unpaired) electrons. The quantitative estimate of drug-likeness (QED) is 0.144. The van der Waals surface area contributed by atoms with Gasteiger partial charge in [-0.25, -0.2) is 4.68 Å². The minimum Gasteiger partial charge on any atom is -0.456 e. The SMILES string of the molecule is O=C1c2ccccc2C2(c3cc4c5c(c3Oc3c2cc2c6c3CCCN6CCC2)CCCN5CCC4)N1Cn1cc(CCOCCOCCOC2OC(CO)C(O)C(O)C2O)nn1. The zero-order chi connectivity index (χ0) is 42.8. The molecule has 16 nitrogen and oxygen atoms in total. The Morgan fingerprint density at radius 2 is 1.37 bits per heavy atom. The molecule has 334 valence electrons. The van der Waals surface area contributed by atoms with E-state index in [9.17, 15) is 20.4 Å². The third-order valence-electron chi connectivity index (χ3n) is 14.2. The molecule has 8 heterocycles. The lowest BCUT2D eigenvalue weighted by atomic mass is 9.70. The maximum absolute atomic E-state index is 15.1. The Morgan fingerprint density at radius 3 is 2.03 bits per heavy atom. The molecule has 1 fully saturated rings. The highest BCUT2D eigenvalue weighted by Gasteiger charge is 2.58. The van der Waals surface area contributed by atoms with E-state index in [0.717, 1.165) is 111 Å². The van der Waals surface area contributed by atoms with Gasteiger partial charge in [-0.1, -0.05) is 23.4 Å². The summed E-state index contributed by atoms with van der Waals surface area (Å²) in [4.78, 5) is 22.3. The van der Waals surface area contributed by atoms with E-state index < -0.39 is 42.9 Å².